The van der Waals surface area contributed by atoms with Gasteiger partial charge in [-0.2, -0.15) is 5.10 Å². The quantitative estimate of drug-likeness (QED) is 0.129. The van der Waals surface area contributed by atoms with Crippen LogP contribution in [-0.2, 0) is 20.8 Å². The van der Waals surface area contributed by atoms with E-state index in [-0.39, 0.29) is 5.75 Å². The van der Waals surface area contributed by atoms with E-state index in [9.17, 15) is 14.4 Å². The molecule has 0 aliphatic carbocycles. The summed E-state index contributed by atoms with van der Waals surface area (Å²) in [6.07, 6.45) is 5.19. The van der Waals surface area contributed by atoms with Gasteiger partial charge >= 0.3 is 17.8 Å². The SMILES string of the molecule is CCc1ccc(NC(=O)C(=O)N/N=C/c2ccc(OC(=O)/C=C/c3ccccc3)c(OC)c2)cc1. The second kappa shape index (κ2) is 12.5. The van der Waals surface area contributed by atoms with Crippen LogP contribution in [0.2, 0.25) is 0 Å². The fourth-order valence-corrected chi connectivity index (χ4v) is 2.95. The summed E-state index contributed by atoms with van der Waals surface area (Å²) in [6, 6.07) is 21.3. The second-order valence-electron chi connectivity index (χ2n) is 7.28. The van der Waals surface area contributed by atoms with Gasteiger partial charge in [0.05, 0.1) is 13.3 Å². The minimum Gasteiger partial charge on any atom is -0.493 e. The number of nitrogens with zero attached hydrogens (tertiary/aromatic N) is 1. The molecule has 0 aromatic heterocycles. The predicted molar refractivity (Wildman–Crippen MR) is 134 cm³/mol. The second-order valence-corrected chi connectivity index (χ2v) is 7.28. The number of anilines is 1. The average molecular weight is 472 g/mol. The van der Waals surface area contributed by atoms with Crippen molar-refractivity contribution in [3.63, 3.8) is 0 Å². The highest BCUT2D eigenvalue weighted by atomic mass is 16.6. The van der Waals surface area contributed by atoms with E-state index in [1.54, 1.807) is 36.4 Å². The lowest BCUT2D eigenvalue weighted by molar-refractivity contribution is -0.136. The molecule has 0 saturated heterocycles. The zero-order valence-corrected chi connectivity index (χ0v) is 19.4. The number of esters is 1. The van der Waals surface area contributed by atoms with Gasteiger partial charge in [0.25, 0.3) is 0 Å². The number of rotatable bonds is 8. The standard InChI is InChI=1S/C27H25N3O5/c1-3-19-9-13-22(14-10-19)29-26(32)27(33)30-28-18-21-11-15-23(24(17-21)34-2)35-25(31)16-12-20-7-5-4-6-8-20/h4-18H,3H2,1-2H3,(H,29,32)(H,30,33)/b16-12+,28-18+. The molecule has 2 amide bonds. The van der Waals surface area contributed by atoms with Crippen LogP contribution in [0.25, 0.3) is 6.08 Å². The molecule has 0 fully saturated rings. The van der Waals surface area contributed by atoms with E-state index in [2.05, 4.69) is 15.8 Å². The molecule has 2 N–H and O–H groups in total. The normalized spacial score (nSPS) is 10.8. The molecular weight excluding hydrogens is 446 g/mol. The summed E-state index contributed by atoms with van der Waals surface area (Å²) < 4.78 is 10.6. The summed E-state index contributed by atoms with van der Waals surface area (Å²) in [7, 11) is 1.44. The first-order valence-electron chi connectivity index (χ1n) is 10.8. The maximum atomic E-state index is 12.1. The first kappa shape index (κ1) is 24.9. The number of hydrazone groups is 1. The highest BCUT2D eigenvalue weighted by Crippen LogP contribution is 2.27. The lowest BCUT2D eigenvalue weighted by atomic mass is 10.1. The number of carbonyl (C=O) groups excluding carboxylic acids is 3. The Morgan fingerprint density at radius 2 is 1.63 bits per heavy atom. The van der Waals surface area contributed by atoms with Gasteiger partial charge in [0.15, 0.2) is 11.5 Å². The molecule has 0 bridgehead atoms. The van der Waals surface area contributed by atoms with Crippen molar-refractivity contribution >= 4 is 35.8 Å². The Morgan fingerprint density at radius 1 is 0.886 bits per heavy atom. The summed E-state index contributed by atoms with van der Waals surface area (Å²) in [5, 5.41) is 6.31. The molecule has 3 aromatic carbocycles. The zero-order valence-electron chi connectivity index (χ0n) is 19.4. The van der Waals surface area contributed by atoms with Gasteiger partial charge in [0.1, 0.15) is 0 Å². The number of amides is 2. The third kappa shape index (κ3) is 7.68. The molecule has 3 rings (SSSR count). The van der Waals surface area contributed by atoms with Gasteiger partial charge in [-0.15, -0.1) is 0 Å². The van der Waals surface area contributed by atoms with Crippen molar-refractivity contribution in [1.29, 1.82) is 0 Å². The Kier molecular flexibility index (Phi) is 8.90. The van der Waals surface area contributed by atoms with E-state index in [4.69, 9.17) is 9.47 Å². The van der Waals surface area contributed by atoms with Crippen LogP contribution in [0.1, 0.15) is 23.6 Å². The molecule has 0 unspecified atom stereocenters. The highest BCUT2D eigenvalue weighted by Gasteiger charge is 2.13. The molecule has 35 heavy (non-hydrogen) atoms. The topological polar surface area (TPSA) is 106 Å². The summed E-state index contributed by atoms with van der Waals surface area (Å²) in [5.41, 5.74) is 5.23. The molecule has 8 nitrogen and oxygen atoms in total. The Hall–Kier alpha value is -4.72. The molecule has 0 atom stereocenters. The van der Waals surface area contributed by atoms with Crippen LogP contribution in [0.15, 0.2) is 84.0 Å². The van der Waals surface area contributed by atoms with Crippen molar-refractivity contribution in [3.8, 4) is 11.5 Å². The maximum absolute atomic E-state index is 12.1. The van der Waals surface area contributed by atoms with E-state index >= 15 is 0 Å². The van der Waals surface area contributed by atoms with Crippen LogP contribution in [0, 0.1) is 0 Å². The van der Waals surface area contributed by atoms with Crippen LogP contribution in [0.3, 0.4) is 0 Å². The molecule has 3 aromatic rings. The summed E-state index contributed by atoms with van der Waals surface area (Å²) >= 11 is 0. The van der Waals surface area contributed by atoms with E-state index in [1.165, 1.54) is 19.4 Å². The molecule has 0 aliphatic heterocycles. The minimum absolute atomic E-state index is 0.227. The van der Waals surface area contributed by atoms with Crippen molar-refractivity contribution in [1.82, 2.24) is 5.43 Å². The largest absolute Gasteiger partial charge is 0.493 e. The first-order valence-corrected chi connectivity index (χ1v) is 10.8. The number of carbonyl (C=O) groups is 3. The molecule has 178 valence electrons. The number of ether oxygens (including phenoxy) is 2. The molecule has 0 aliphatic rings. The van der Waals surface area contributed by atoms with Crippen LogP contribution in [-0.4, -0.2) is 31.1 Å². The lowest BCUT2D eigenvalue weighted by Gasteiger charge is -2.08. The van der Waals surface area contributed by atoms with Gasteiger partial charge in [0, 0.05) is 11.8 Å². The molecule has 0 radical (unpaired) electrons. The Balaban J connectivity index is 1.55. The monoisotopic (exact) mass is 471 g/mol. The van der Waals surface area contributed by atoms with Crippen molar-refractivity contribution in [2.75, 3.05) is 12.4 Å². The Bertz CT molecular complexity index is 1240. The number of hydrogen-bond donors (Lipinski definition) is 2. The van der Waals surface area contributed by atoms with Gasteiger partial charge in [-0.3, -0.25) is 9.59 Å². The van der Waals surface area contributed by atoms with E-state index in [1.807, 2.05) is 49.4 Å². The number of benzene rings is 3. The number of hydrogen-bond acceptors (Lipinski definition) is 6. The van der Waals surface area contributed by atoms with E-state index in [0.29, 0.717) is 17.0 Å². The van der Waals surface area contributed by atoms with E-state index in [0.717, 1.165) is 17.5 Å². The van der Waals surface area contributed by atoms with Gasteiger partial charge in [-0.05, 0) is 59.5 Å². The van der Waals surface area contributed by atoms with Crippen LogP contribution < -0.4 is 20.2 Å². The molecule has 0 heterocycles. The predicted octanol–water partition coefficient (Wildman–Crippen LogP) is 3.97. The van der Waals surface area contributed by atoms with Crippen LogP contribution >= 0.6 is 0 Å². The number of methoxy groups -OCH3 is 1. The maximum Gasteiger partial charge on any atom is 0.336 e. The summed E-state index contributed by atoms with van der Waals surface area (Å²) in [6.45, 7) is 2.03. The van der Waals surface area contributed by atoms with Gasteiger partial charge in [-0.25, -0.2) is 10.2 Å². The average Bonchev–Trinajstić information content (AvgIpc) is 2.89. The summed E-state index contributed by atoms with van der Waals surface area (Å²) in [5.74, 6) is -1.78. The van der Waals surface area contributed by atoms with Gasteiger partial charge < -0.3 is 14.8 Å². The minimum atomic E-state index is -0.913. The van der Waals surface area contributed by atoms with Crippen molar-refractivity contribution in [3.05, 3.63) is 95.6 Å². The van der Waals surface area contributed by atoms with Gasteiger partial charge in [-0.1, -0.05) is 49.4 Å². The van der Waals surface area contributed by atoms with Crippen LogP contribution in [0.5, 0.6) is 11.5 Å². The molecule has 0 spiro atoms. The number of aryl methyl sites for hydroxylation is 1. The third-order valence-corrected chi connectivity index (χ3v) is 4.82. The highest BCUT2D eigenvalue weighted by molar-refractivity contribution is 6.39. The lowest BCUT2D eigenvalue weighted by Crippen LogP contribution is -2.32. The van der Waals surface area contributed by atoms with Crippen molar-refractivity contribution < 1.29 is 23.9 Å². The molecule has 0 saturated carbocycles. The smallest absolute Gasteiger partial charge is 0.336 e. The van der Waals surface area contributed by atoms with Crippen molar-refractivity contribution in [2.24, 2.45) is 5.10 Å². The summed E-state index contributed by atoms with van der Waals surface area (Å²) in [4.78, 5) is 36.2. The zero-order chi connectivity index (χ0) is 25.0. The fraction of sp³-hybridized carbons (Fsp3) is 0.111. The van der Waals surface area contributed by atoms with Crippen molar-refractivity contribution in [2.45, 2.75) is 13.3 Å². The Labute approximate surface area is 203 Å². The Morgan fingerprint density at radius 3 is 2.31 bits per heavy atom. The van der Waals surface area contributed by atoms with Gasteiger partial charge in [0.2, 0.25) is 0 Å². The first-order chi connectivity index (χ1) is 17.0. The molecular formula is C27H25N3O5. The molecule has 8 heteroatoms. The van der Waals surface area contributed by atoms with Crippen LogP contribution in [0.4, 0.5) is 5.69 Å². The van der Waals surface area contributed by atoms with E-state index < -0.39 is 17.8 Å². The third-order valence-electron chi connectivity index (χ3n) is 4.82. The number of nitrogens with one attached hydrogen (secondary N) is 2. The fourth-order valence-electron chi connectivity index (χ4n) is 2.95.